The van der Waals surface area contributed by atoms with Gasteiger partial charge in [0.25, 0.3) is 11.8 Å². The van der Waals surface area contributed by atoms with E-state index in [1.165, 1.54) is 0 Å². The van der Waals surface area contributed by atoms with Crippen molar-refractivity contribution in [2.75, 3.05) is 31.7 Å². The van der Waals surface area contributed by atoms with E-state index >= 15 is 0 Å². The smallest absolute Gasteiger partial charge is 0.254 e. The number of carbonyl (C=O) groups is 3. The van der Waals surface area contributed by atoms with Crippen LogP contribution >= 0.6 is 0 Å². The van der Waals surface area contributed by atoms with E-state index in [1.807, 2.05) is 11.8 Å². The van der Waals surface area contributed by atoms with Crippen molar-refractivity contribution in [2.45, 2.75) is 19.8 Å². The third-order valence-corrected chi connectivity index (χ3v) is 5.28. The molecule has 1 fully saturated rings. The molecule has 0 aliphatic carbocycles. The zero-order valence-electron chi connectivity index (χ0n) is 16.7. The highest BCUT2D eigenvalue weighted by molar-refractivity contribution is 6.02. The topological polar surface area (TPSA) is 97.0 Å². The van der Waals surface area contributed by atoms with Gasteiger partial charge in [0.05, 0.1) is 6.54 Å². The van der Waals surface area contributed by atoms with Crippen molar-refractivity contribution in [1.82, 2.24) is 10.2 Å². The number of nitrogens with one attached hydrogen (secondary N) is 2. The molecule has 2 heterocycles. The number of rotatable bonds is 5. The molecule has 8 heteroatoms. The highest BCUT2D eigenvalue weighted by Crippen LogP contribution is 2.32. The molecule has 3 amide bonds. The fraction of sp³-hybridized carbons (Fsp3) is 0.318. The average molecular weight is 409 g/mol. The Morgan fingerprint density at radius 1 is 1.03 bits per heavy atom. The molecule has 156 valence electrons. The number of amides is 3. The van der Waals surface area contributed by atoms with Crippen molar-refractivity contribution in [2.24, 2.45) is 0 Å². The maximum Gasteiger partial charge on any atom is 0.254 e. The molecule has 0 spiro atoms. The zero-order valence-corrected chi connectivity index (χ0v) is 16.7. The van der Waals surface area contributed by atoms with E-state index in [1.54, 1.807) is 36.4 Å². The molecule has 0 bridgehead atoms. The van der Waals surface area contributed by atoms with Crippen molar-refractivity contribution in [1.29, 1.82) is 0 Å². The Kier molecular flexibility index (Phi) is 5.56. The molecule has 0 saturated carbocycles. The van der Waals surface area contributed by atoms with Gasteiger partial charge in [-0.1, -0.05) is 6.07 Å². The SMILES string of the molecule is Cc1c(NC(=O)CNC(=O)c2ccc3c(c2)OCO3)cccc1C(=O)N1CCCC1. The van der Waals surface area contributed by atoms with E-state index in [4.69, 9.17) is 9.47 Å². The van der Waals surface area contributed by atoms with Crippen LogP contribution in [-0.2, 0) is 4.79 Å². The Morgan fingerprint density at radius 2 is 1.80 bits per heavy atom. The summed E-state index contributed by atoms with van der Waals surface area (Å²) in [5.74, 6) is 0.304. The van der Waals surface area contributed by atoms with Crippen molar-refractivity contribution in [3.8, 4) is 11.5 Å². The molecule has 2 aliphatic rings. The Labute approximate surface area is 174 Å². The predicted octanol–water partition coefficient (Wildman–Crippen LogP) is 2.33. The first-order valence-corrected chi connectivity index (χ1v) is 9.89. The second-order valence-corrected chi connectivity index (χ2v) is 7.28. The van der Waals surface area contributed by atoms with E-state index in [9.17, 15) is 14.4 Å². The van der Waals surface area contributed by atoms with Gasteiger partial charge in [-0.25, -0.2) is 0 Å². The van der Waals surface area contributed by atoms with Gasteiger partial charge in [-0.3, -0.25) is 14.4 Å². The molecule has 2 aromatic rings. The van der Waals surface area contributed by atoms with Crippen LogP contribution in [0.1, 0.15) is 39.1 Å². The molecular weight excluding hydrogens is 386 g/mol. The van der Waals surface area contributed by atoms with Crippen LogP contribution in [0.25, 0.3) is 0 Å². The van der Waals surface area contributed by atoms with E-state index < -0.39 is 5.91 Å². The summed E-state index contributed by atoms with van der Waals surface area (Å²) in [6.07, 6.45) is 2.04. The van der Waals surface area contributed by atoms with Crippen molar-refractivity contribution >= 4 is 23.4 Å². The molecule has 2 aliphatic heterocycles. The van der Waals surface area contributed by atoms with Gasteiger partial charge in [-0.05, 0) is 55.7 Å². The van der Waals surface area contributed by atoms with Crippen LogP contribution in [0.15, 0.2) is 36.4 Å². The quantitative estimate of drug-likeness (QED) is 0.790. The first-order valence-electron chi connectivity index (χ1n) is 9.89. The van der Waals surface area contributed by atoms with Gasteiger partial charge in [0.15, 0.2) is 11.5 Å². The second-order valence-electron chi connectivity index (χ2n) is 7.28. The number of fused-ring (bicyclic) bond motifs is 1. The number of ether oxygens (including phenoxy) is 2. The Balaban J connectivity index is 1.36. The maximum atomic E-state index is 12.7. The highest BCUT2D eigenvalue weighted by atomic mass is 16.7. The van der Waals surface area contributed by atoms with Crippen LogP contribution in [0.4, 0.5) is 5.69 Å². The highest BCUT2D eigenvalue weighted by Gasteiger charge is 2.22. The van der Waals surface area contributed by atoms with E-state index in [0.717, 1.165) is 25.9 Å². The molecule has 0 atom stereocenters. The van der Waals surface area contributed by atoms with Gasteiger partial charge in [0.1, 0.15) is 0 Å². The third-order valence-electron chi connectivity index (χ3n) is 5.28. The molecule has 0 unspecified atom stereocenters. The van der Waals surface area contributed by atoms with E-state index in [-0.39, 0.29) is 25.2 Å². The summed E-state index contributed by atoms with van der Waals surface area (Å²) < 4.78 is 10.5. The number of nitrogens with zero attached hydrogens (tertiary/aromatic N) is 1. The number of benzene rings is 2. The first-order chi connectivity index (χ1) is 14.5. The lowest BCUT2D eigenvalue weighted by Crippen LogP contribution is -2.33. The van der Waals surface area contributed by atoms with Crippen LogP contribution in [0.5, 0.6) is 11.5 Å². The van der Waals surface area contributed by atoms with Crippen LogP contribution in [0, 0.1) is 6.92 Å². The lowest BCUT2D eigenvalue weighted by molar-refractivity contribution is -0.115. The summed E-state index contributed by atoms with van der Waals surface area (Å²) in [6.45, 7) is 3.27. The third kappa shape index (κ3) is 4.07. The zero-order chi connectivity index (χ0) is 21.1. The van der Waals surface area contributed by atoms with E-state index in [0.29, 0.717) is 33.9 Å². The average Bonchev–Trinajstić information content (AvgIpc) is 3.44. The lowest BCUT2D eigenvalue weighted by atomic mass is 10.1. The van der Waals surface area contributed by atoms with Gasteiger partial charge >= 0.3 is 0 Å². The van der Waals surface area contributed by atoms with Crippen LogP contribution in [0.2, 0.25) is 0 Å². The predicted molar refractivity (Wildman–Crippen MR) is 110 cm³/mol. The summed E-state index contributed by atoms with van der Waals surface area (Å²) in [4.78, 5) is 39.2. The lowest BCUT2D eigenvalue weighted by Gasteiger charge is -2.18. The molecule has 1 saturated heterocycles. The Hall–Kier alpha value is -3.55. The number of carbonyl (C=O) groups excluding carboxylic acids is 3. The largest absolute Gasteiger partial charge is 0.454 e. The van der Waals surface area contributed by atoms with Gasteiger partial charge in [-0.2, -0.15) is 0 Å². The normalized spacial score (nSPS) is 14.5. The summed E-state index contributed by atoms with van der Waals surface area (Å²) in [5, 5.41) is 5.36. The number of hydrogen-bond acceptors (Lipinski definition) is 5. The van der Waals surface area contributed by atoms with Crippen LogP contribution in [-0.4, -0.2) is 49.0 Å². The van der Waals surface area contributed by atoms with Crippen molar-refractivity contribution in [3.05, 3.63) is 53.1 Å². The van der Waals surface area contributed by atoms with Crippen LogP contribution in [0.3, 0.4) is 0 Å². The minimum Gasteiger partial charge on any atom is -0.454 e. The molecular formula is C22H23N3O5. The fourth-order valence-corrected chi connectivity index (χ4v) is 3.59. The molecule has 2 aromatic carbocycles. The monoisotopic (exact) mass is 409 g/mol. The van der Waals surface area contributed by atoms with Crippen molar-refractivity contribution in [3.63, 3.8) is 0 Å². The summed E-state index contributed by atoms with van der Waals surface area (Å²) in [5.41, 5.74) is 2.23. The summed E-state index contributed by atoms with van der Waals surface area (Å²) >= 11 is 0. The molecule has 8 nitrogen and oxygen atoms in total. The molecule has 0 radical (unpaired) electrons. The molecule has 30 heavy (non-hydrogen) atoms. The first kappa shape index (κ1) is 19.8. The Morgan fingerprint density at radius 3 is 2.60 bits per heavy atom. The Bertz CT molecular complexity index is 998. The van der Waals surface area contributed by atoms with Crippen LogP contribution < -0.4 is 20.1 Å². The number of anilines is 1. The van der Waals surface area contributed by atoms with Crippen molar-refractivity contribution < 1.29 is 23.9 Å². The minimum atomic E-state index is -0.391. The van der Waals surface area contributed by atoms with Gasteiger partial charge in [-0.15, -0.1) is 0 Å². The van der Waals surface area contributed by atoms with E-state index in [2.05, 4.69) is 10.6 Å². The standard InChI is InChI=1S/C22H23N3O5/c1-14-16(22(28)25-9-2-3-10-25)5-4-6-17(14)24-20(26)12-23-21(27)15-7-8-18-19(11-15)30-13-29-18/h4-8,11H,2-3,9-10,12-13H2,1H3,(H,23,27)(H,24,26). The number of hydrogen-bond donors (Lipinski definition) is 2. The fourth-order valence-electron chi connectivity index (χ4n) is 3.59. The minimum absolute atomic E-state index is 0.0165. The summed E-state index contributed by atoms with van der Waals surface area (Å²) in [6, 6.07) is 10.1. The molecule has 4 rings (SSSR count). The summed E-state index contributed by atoms with van der Waals surface area (Å²) in [7, 11) is 0. The molecule has 2 N–H and O–H groups in total. The second kappa shape index (κ2) is 8.44. The van der Waals surface area contributed by atoms with Gasteiger partial charge in [0.2, 0.25) is 12.7 Å². The maximum absolute atomic E-state index is 12.7. The van der Waals surface area contributed by atoms with Gasteiger partial charge < -0.3 is 25.0 Å². The molecule has 0 aromatic heterocycles. The number of likely N-dealkylation sites (tertiary alicyclic amines) is 1. The van der Waals surface area contributed by atoms with Gasteiger partial charge in [0, 0.05) is 29.9 Å².